The number of aliphatic hydroxyl groups excluding tert-OH is 1. The molecule has 5 rings (SSSR count). The number of hydrogen-bond donors (Lipinski definition) is 2. The number of methoxy groups -OCH3 is 1. The molecule has 0 bridgehead atoms. The largest absolute Gasteiger partial charge is 0.497 e. The summed E-state index contributed by atoms with van der Waals surface area (Å²) < 4.78 is 38.5. The molecule has 8 nitrogen and oxygen atoms in total. The molecule has 2 N–H and O–H groups in total. The quantitative estimate of drug-likeness (QED) is 0.320. The predicted octanol–water partition coefficient (Wildman–Crippen LogP) is 3.34. The van der Waals surface area contributed by atoms with Gasteiger partial charge in [-0.2, -0.15) is 4.31 Å². The maximum Gasteiger partial charge on any atom is 0.243 e. The zero-order valence-corrected chi connectivity index (χ0v) is 22.1. The first kappa shape index (κ1) is 26.4. The zero-order valence-electron chi connectivity index (χ0n) is 21.3. The van der Waals surface area contributed by atoms with Gasteiger partial charge in [-0.05, 0) is 61.2 Å². The molecule has 0 unspecified atom stereocenters. The van der Waals surface area contributed by atoms with Gasteiger partial charge in [0.1, 0.15) is 24.2 Å². The van der Waals surface area contributed by atoms with E-state index >= 15 is 0 Å². The third kappa shape index (κ3) is 5.33. The second-order valence-corrected chi connectivity index (χ2v) is 11.6. The van der Waals surface area contributed by atoms with Gasteiger partial charge in [-0.1, -0.05) is 36.4 Å². The molecule has 1 heterocycles. The van der Waals surface area contributed by atoms with Crippen LogP contribution in [-0.2, 0) is 10.0 Å². The summed E-state index contributed by atoms with van der Waals surface area (Å²) in [5.74, 6) is 1.52. The van der Waals surface area contributed by atoms with Crippen molar-refractivity contribution >= 4 is 15.8 Å². The highest BCUT2D eigenvalue weighted by molar-refractivity contribution is 7.89. The van der Waals surface area contributed by atoms with Gasteiger partial charge in [0, 0.05) is 36.3 Å². The Bertz CT molecular complexity index is 1400. The number of sulfonamides is 1. The number of piperidine rings is 1. The van der Waals surface area contributed by atoms with E-state index in [0.29, 0.717) is 54.7 Å². The number of rotatable bonds is 10. The summed E-state index contributed by atoms with van der Waals surface area (Å²) in [5, 5.41) is 13.8. The van der Waals surface area contributed by atoms with Crippen LogP contribution in [0.2, 0.25) is 0 Å². The van der Waals surface area contributed by atoms with E-state index in [-0.39, 0.29) is 17.3 Å². The Morgan fingerprint density at radius 3 is 2.37 bits per heavy atom. The highest BCUT2D eigenvalue weighted by Gasteiger charge is 2.30. The Morgan fingerprint density at radius 2 is 1.66 bits per heavy atom. The van der Waals surface area contributed by atoms with Gasteiger partial charge in [-0.3, -0.25) is 4.79 Å². The monoisotopic (exact) mass is 536 g/mol. The summed E-state index contributed by atoms with van der Waals surface area (Å²) in [6.07, 6.45) is 0.769. The van der Waals surface area contributed by atoms with Crippen LogP contribution in [0.5, 0.6) is 11.5 Å². The van der Waals surface area contributed by atoms with Crippen LogP contribution in [0.15, 0.2) is 71.6 Å². The first-order chi connectivity index (χ1) is 18.4. The lowest BCUT2D eigenvalue weighted by Crippen LogP contribution is -2.42. The molecule has 1 saturated heterocycles. The molecule has 2 aliphatic rings. The zero-order chi connectivity index (χ0) is 26.7. The standard InChI is InChI=1S/C29H32N2O6S/c1-36-22-9-11-23(12-10-22)38(34,35)31-15-13-20(14-16-31)17-30-18-21(32)19-37-27-8-4-7-26-28(27)24-5-2-3-6-25(24)29(26)33/h2-12,20-21,30,32H,13-19H2,1H3/t21-/m0/s1. The van der Waals surface area contributed by atoms with Gasteiger partial charge < -0.3 is 19.9 Å². The van der Waals surface area contributed by atoms with Crippen molar-refractivity contribution in [3.8, 4) is 22.6 Å². The Balaban J connectivity index is 1.08. The highest BCUT2D eigenvalue weighted by atomic mass is 32.2. The van der Waals surface area contributed by atoms with Crippen LogP contribution in [-0.4, -0.2) is 69.6 Å². The van der Waals surface area contributed by atoms with E-state index in [1.54, 1.807) is 43.5 Å². The number of hydrogen-bond acceptors (Lipinski definition) is 7. The molecule has 1 fully saturated rings. The average Bonchev–Trinajstić information content (AvgIpc) is 3.24. The van der Waals surface area contributed by atoms with Crippen LogP contribution in [0.3, 0.4) is 0 Å². The number of ether oxygens (including phenoxy) is 2. The Morgan fingerprint density at radius 1 is 0.974 bits per heavy atom. The van der Waals surface area contributed by atoms with Gasteiger partial charge in [-0.15, -0.1) is 0 Å². The van der Waals surface area contributed by atoms with Crippen LogP contribution in [0.1, 0.15) is 28.8 Å². The van der Waals surface area contributed by atoms with Gasteiger partial charge in [0.2, 0.25) is 10.0 Å². The smallest absolute Gasteiger partial charge is 0.243 e. The first-order valence-electron chi connectivity index (χ1n) is 12.8. The molecule has 0 aromatic heterocycles. The van der Waals surface area contributed by atoms with Crippen LogP contribution in [0.25, 0.3) is 11.1 Å². The molecule has 200 valence electrons. The lowest BCUT2D eigenvalue weighted by molar-refractivity contribution is 0.103. The van der Waals surface area contributed by atoms with Gasteiger partial charge in [-0.25, -0.2) is 8.42 Å². The molecule has 1 atom stereocenters. The summed E-state index contributed by atoms with van der Waals surface area (Å²) in [6.45, 7) is 2.07. The molecule has 0 amide bonds. The molecule has 3 aromatic rings. The number of nitrogens with zero attached hydrogens (tertiary/aromatic N) is 1. The summed E-state index contributed by atoms with van der Waals surface area (Å²) in [6, 6.07) is 19.4. The molecule has 0 radical (unpaired) electrons. The fraction of sp³-hybridized carbons (Fsp3) is 0.345. The first-order valence-corrected chi connectivity index (χ1v) is 14.3. The Labute approximate surface area is 223 Å². The Kier molecular flexibility index (Phi) is 7.80. The van der Waals surface area contributed by atoms with Crippen LogP contribution in [0, 0.1) is 5.92 Å². The van der Waals surface area contributed by atoms with E-state index in [4.69, 9.17) is 9.47 Å². The lowest BCUT2D eigenvalue weighted by atomic mass is 9.98. The Hall–Kier alpha value is -3.24. The van der Waals surface area contributed by atoms with E-state index in [0.717, 1.165) is 24.0 Å². The van der Waals surface area contributed by atoms with Gasteiger partial charge in [0.15, 0.2) is 5.78 Å². The van der Waals surface area contributed by atoms with Gasteiger partial charge in [0.05, 0.1) is 12.0 Å². The SMILES string of the molecule is COc1ccc(S(=O)(=O)N2CCC(CNC[C@H](O)COc3cccc4c3-c3ccccc3C4=O)CC2)cc1. The molecule has 9 heteroatoms. The average molecular weight is 537 g/mol. The number of aliphatic hydroxyl groups is 1. The molecule has 3 aromatic carbocycles. The molecule has 1 aliphatic heterocycles. The van der Waals surface area contributed by atoms with Crippen molar-refractivity contribution in [3.05, 3.63) is 77.9 Å². The molecule has 0 spiro atoms. The summed E-state index contributed by atoms with van der Waals surface area (Å²) in [7, 11) is -1.98. The highest BCUT2D eigenvalue weighted by Crippen LogP contribution is 2.42. The van der Waals surface area contributed by atoms with E-state index in [1.165, 1.54) is 4.31 Å². The maximum atomic E-state index is 12.9. The third-order valence-electron chi connectivity index (χ3n) is 7.23. The topological polar surface area (TPSA) is 105 Å². The van der Waals surface area contributed by atoms with Crippen molar-refractivity contribution in [2.75, 3.05) is 39.9 Å². The summed E-state index contributed by atoms with van der Waals surface area (Å²) in [5.41, 5.74) is 2.93. The number of carbonyl (C=O) groups excluding carboxylic acids is 1. The third-order valence-corrected chi connectivity index (χ3v) is 9.14. The van der Waals surface area contributed by atoms with Crippen molar-refractivity contribution in [1.82, 2.24) is 9.62 Å². The molecule has 1 aliphatic carbocycles. The van der Waals surface area contributed by atoms with Crippen LogP contribution < -0.4 is 14.8 Å². The van der Waals surface area contributed by atoms with Crippen molar-refractivity contribution in [3.63, 3.8) is 0 Å². The second kappa shape index (κ2) is 11.2. The van der Waals surface area contributed by atoms with Crippen molar-refractivity contribution < 1.29 is 27.8 Å². The second-order valence-electron chi connectivity index (χ2n) is 9.70. The van der Waals surface area contributed by atoms with Crippen LogP contribution in [0.4, 0.5) is 0 Å². The minimum Gasteiger partial charge on any atom is -0.497 e. The summed E-state index contributed by atoms with van der Waals surface area (Å²) >= 11 is 0. The molecule has 0 saturated carbocycles. The minimum absolute atomic E-state index is 0.00823. The fourth-order valence-corrected chi connectivity index (χ4v) is 6.58. The predicted molar refractivity (Wildman–Crippen MR) is 144 cm³/mol. The van der Waals surface area contributed by atoms with Crippen molar-refractivity contribution in [2.24, 2.45) is 5.92 Å². The van der Waals surface area contributed by atoms with E-state index in [1.807, 2.05) is 30.3 Å². The maximum absolute atomic E-state index is 12.9. The number of nitrogens with one attached hydrogen (secondary N) is 1. The molecule has 38 heavy (non-hydrogen) atoms. The number of carbonyl (C=O) groups is 1. The fourth-order valence-electron chi connectivity index (χ4n) is 5.11. The van der Waals surface area contributed by atoms with Crippen molar-refractivity contribution in [2.45, 2.75) is 23.8 Å². The van der Waals surface area contributed by atoms with Gasteiger partial charge >= 0.3 is 0 Å². The number of fused-ring (bicyclic) bond motifs is 3. The summed E-state index contributed by atoms with van der Waals surface area (Å²) in [4.78, 5) is 13.0. The van der Waals surface area contributed by atoms with Crippen molar-refractivity contribution in [1.29, 1.82) is 0 Å². The number of benzene rings is 3. The minimum atomic E-state index is -3.52. The van der Waals surface area contributed by atoms with Crippen LogP contribution >= 0.6 is 0 Å². The van der Waals surface area contributed by atoms with E-state index < -0.39 is 16.1 Å². The molecular formula is C29H32N2O6S. The normalized spacial score (nSPS) is 16.6. The van der Waals surface area contributed by atoms with E-state index in [9.17, 15) is 18.3 Å². The number of ketones is 1. The van der Waals surface area contributed by atoms with Gasteiger partial charge in [0.25, 0.3) is 0 Å². The van der Waals surface area contributed by atoms with E-state index in [2.05, 4.69) is 5.32 Å². The lowest BCUT2D eigenvalue weighted by Gasteiger charge is -2.31. The molecular weight excluding hydrogens is 504 g/mol.